The maximum Gasteiger partial charge on any atom is 0.374 e. The third kappa shape index (κ3) is 1.75. The van der Waals surface area contributed by atoms with Crippen LogP contribution in [-0.4, -0.2) is 34.8 Å². The summed E-state index contributed by atoms with van der Waals surface area (Å²) in [6.45, 7) is 0.921. The number of hydrogen-bond acceptors (Lipinski definition) is 5. The van der Waals surface area contributed by atoms with Crippen LogP contribution in [-0.2, 0) is 17.8 Å². The first kappa shape index (κ1) is 9.85. The van der Waals surface area contributed by atoms with Crippen LogP contribution < -0.4 is 4.74 Å². The highest BCUT2D eigenvalue weighted by Crippen LogP contribution is 2.23. The number of aromatic carboxylic acids is 1. The molecule has 6 nitrogen and oxygen atoms in total. The van der Waals surface area contributed by atoms with E-state index < -0.39 is 5.97 Å². The van der Waals surface area contributed by atoms with Gasteiger partial charge in [0.25, 0.3) is 0 Å². The summed E-state index contributed by atoms with van der Waals surface area (Å²) in [4.78, 5) is 18.5. The third-order valence-corrected chi connectivity index (χ3v) is 2.17. The molecule has 0 bridgehead atoms. The van der Waals surface area contributed by atoms with Crippen LogP contribution in [0.3, 0.4) is 0 Å². The van der Waals surface area contributed by atoms with Crippen LogP contribution in [0, 0.1) is 0 Å². The minimum atomic E-state index is -1.15. The van der Waals surface area contributed by atoms with Crippen molar-refractivity contribution in [2.24, 2.45) is 0 Å². The molecule has 0 atom stereocenters. The fourth-order valence-electron chi connectivity index (χ4n) is 1.47. The van der Waals surface area contributed by atoms with E-state index in [9.17, 15) is 4.79 Å². The summed E-state index contributed by atoms with van der Waals surface area (Å²) >= 11 is 0. The molecule has 15 heavy (non-hydrogen) atoms. The molecule has 0 aromatic carbocycles. The van der Waals surface area contributed by atoms with Gasteiger partial charge in [0.15, 0.2) is 0 Å². The van der Waals surface area contributed by atoms with Crippen LogP contribution in [0.1, 0.15) is 21.9 Å². The van der Waals surface area contributed by atoms with E-state index >= 15 is 0 Å². The molecule has 0 saturated carbocycles. The van der Waals surface area contributed by atoms with E-state index in [1.807, 2.05) is 0 Å². The topological polar surface area (TPSA) is 81.5 Å². The summed E-state index contributed by atoms with van der Waals surface area (Å²) < 4.78 is 10.2. The van der Waals surface area contributed by atoms with Gasteiger partial charge in [-0.05, 0) is 0 Å². The van der Waals surface area contributed by atoms with E-state index in [2.05, 4.69) is 9.97 Å². The Labute approximate surface area is 85.9 Å². The predicted octanol–water partition coefficient (Wildman–Crippen LogP) is 0.256. The highest BCUT2D eigenvalue weighted by atomic mass is 16.5. The van der Waals surface area contributed by atoms with Crippen LogP contribution >= 0.6 is 0 Å². The Bertz CT molecular complexity index is 388. The van der Waals surface area contributed by atoms with E-state index in [-0.39, 0.29) is 11.7 Å². The third-order valence-electron chi connectivity index (χ3n) is 2.17. The zero-order chi connectivity index (χ0) is 10.8. The minimum Gasteiger partial charge on any atom is -0.481 e. The number of hydrogen-bond donors (Lipinski definition) is 1. The smallest absolute Gasteiger partial charge is 0.374 e. The first-order valence-electron chi connectivity index (χ1n) is 4.47. The summed E-state index contributed by atoms with van der Waals surface area (Å²) in [7, 11) is 1.45. The number of ether oxygens (including phenoxy) is 2. The van der Waals surface area contributed by atoms with Gasteiger partial charge >= 0.3 is 5.97 Å². The molecule has 1 N–H and O–H groups in total. The number of carboxylic acid groups (broad SMARTS) is 1. The number of nitrogens with zero attached hydrogens (tertiary/aromatic N) is 2. The average Bonchev–Trinajstić information content (AvgIpc) is 2.27. The van der Waals surface area contributed by atoms with Crippen LogP contribution in [0.2, 0.25) is 0 Å². The normalized spacial score (nSPS) is 14.5. The monoisotopic (exact) mass is 210 g/mol. The molecular formula is C9H10N2O4. The lowest BCUT2D eigenvalue weighted by Crippen LogP contribution is -2.17. The second-order valence-corrected chi connectivity index (χ2v) is 3.09. The maximum atomic E-state index is 10.7. The summed E-state index contributed by atoms with van der Waals surface area (Å²) in [6.07, 6.45) is 0.592. The van der Waals surface area contributed by atoms with Crippen molar-refractivity contribution >= 4 is 5.97 Å². The molecule has 1 aromatic heterocycles. The Morgan fingerprint density at radius 1 is 1.53 bits per heavy atom. The van der Waals surface area contributed by atoms with E-state index in [1.54, 1.807) is 0 Å². The average molecular weight is 210 g/mol. The highest BCUT2D eigenvalue weighted by Gasteiger charge is 2.21. The van der Waals surface area contributed by atoms with E-state index in [0.29, 0.717) is 25.3 Å². The Kier molecular flexibility index (Phi) is 2.51. The standard InChI is InChI=1S/C9H10N2O4/c1-14-8-5-4-15-3-2-6(5)10-7(11-8)9(12)13/h2-4H2,1H3,(H,12,13). The van der Waals surface area contributed by atoms with Crippen molar-refractivity contribution < 1.29 is 19.4 Å². The number of carbonyl (C=O) groups is 1. The van der Waals surface area contributed by atoms with Gasteiger partial charge in [0, 0.05) is 6.42 Å². The molecule has 0 amide bonds. The first-order valence-corrected chi connectivity index (χ1v) is 4.47. The van der Waals surface area contributed by atoms with E-state index in [0.717, 1.165) is 5.56 Å². The largest absolute Gasteiger partial charge is 0.481 e. The number of carboxylic acids is 1. The molecule has 0 unspecified atom stereocenters. The van der Waals surface area contributed by atoms with Crippen molar-refractivity contribution in [3.63, 3.8) is 0 Å². The molecule has 0 fully saturated rings. The second-order valence-electron chi connectivity index (χ2n) is 3.09. The molecule has 1 aromatic rings. The Morgan fingerprint density at radius 3 is 3.00 bits per heavy atom. The second kappa shape index (κ2) is 3.82. The SMILES string of the molecule is COc1nc(C(=O)O)nc2c1COCC2. The van der Waals surface area contributed by atoms with Crippen molar-refractivity contribution in [3.8, 4) is 5.88 Å². The van der Waals surface area contributed by atoms with Crippen LogP contribution in [0.4, 0.5) is 0 Å². The van der Waals surface area contributed by atoms with Crippen molar-refractivity contribution in [1.29, 1.82) is 0 Å². The predicted molar refractivity (Wildman–Crippen MR) is 48.9 cm³/mol. The fraction of sp³-hybridized carbons (Fsp3) is 0.444. The molecule has 2 heterocycles. The summed E-state index contributed by atoms with van der Waals surface area (Å²) in [5.41, 5.74) is 1.44. The van der Waals surface area contributed by atoms with Gasteiger partial charge in [-0.2, -0.15) is 4.98 Å². The lowest BCUT2D eigenvalue weighted by Gasteiger charge is -2.17. The summed E-state index contributed by atoms with van der Waals surface area (Å²) in [6, 6.07) is 0. The van der Waals surface area contributed by atoms with E-state index in [4.69, 9.17) is 14.6 Å². The Hall–Kier alpha value is -1.69. The Morgan fingerprint density at radius 2 is 2.33 bits per heavy atom. The van der Waals surface area contributed by atoms with Crippen molar-refractivity contribution in [3.05, 3.63) is 17.1 Å². The molecule has 0 spiro atoms. The van der Waals surface area contributed by atoms with Crippen LogP contribution in [0.25, 0.3) is 0 Å². The minimum absolute atomic E-state index is 0.229. The molecule has 1 aliphatic heterocycles. The van der Waals surface area contributed by atoms with Crippen LogP contribution in [0.5, 0.6) is 5.88 Å². The van der Waals surface area contributed by atoms with Gasteiger partial charge in [-0.15, -0.1) is 0 Å². The number of rotatable bonds is 2. The fourth-order valence-corrected chi connectivity index (χ4v) is 1.47. The highest BCUT2D eigenvalue weighted by molar-refractivity contribution is 5.83. The van der Waals surface area contributed by atoms with Gasteiger partial charge in [-0.1, -0.05) is 0 Å². The van der Waals surface area contributed by atoms with Gasteiger partial charge in [0.1, 0.15) is 0 Å². The first-order chi connectivity index (χ1) is 7.22. The number of methoxy groups -OCH3 is 1. The zero-order valence-electron chi connectivity index (χ0n) is 8.19. The zero-order valence-corrected chi connectivity index (χ0v) is 8.19. The van der Waals surface area contributed by atoms with E-state index in [1.165, 1.54) is 7.11 Å². The lowest BCUT2D eigenvalue weighted by atomic mass is 10.1. The Balaban J connectivity index is 2.52. The molecule has 1 aliphatic rings. The molecular weight excluding hydrogens is 200 g/mol. The number of aromatic nitrogens is 2. The molecule has 0 aliphatic carbocycles. The quantitative estimate of drug-likeness (QED) is 0.753. The van der Waals surface area contributed by atoms with Gasteiger partial charge in [-0.25, -0.2) is 9.78 Å². The van der Waals surface area contributed by atoms with Gasteiger partial charge < -0.3 is 14.6 Å². The van der Waals surface area contributed by atoms with Gasteiger partial charge in [0.05, 0.1) is 31.6 Å². The molecule has 80 valence electrons. The molecule has 6 heteroatoms. The van der Waals surface area contributed by atoms with Crippen molar-refractivity contribution in [2.45, 2.75) is 13.0 Å². The molecule has 0 radical (unpaired) electrons. The van der Waals surface area contributed by atoms with Crippen molar-refractivity contribution in [1.82, 2.24) is 9.97 Å². The number of fused-ring (bicyclic) bond motifs is 1. The molecule has 0 saturated heterocycles. The molecule has 2 rings (SSSR count). The van der Waals surface area contributed by atoms with Crippen molar-refractivity contribution in [2.75, 3.05) is 13.7 Å². The van der Waals surface area contributed by atoms with Crippen LogP contribution in [0.15, 0.2) is 0 Å². The van der Waals surface area contributed by atoms with Gasteiger partial charge in [0.2, 0.25) is 11.7 Å². The summed E-state index contributed by atoms with van der Waals surface area (Å²) in [5.74, 6) is -1.09. The lowest BCUT2D eigenvalue weighted by molar-refractivity contribution is 0.0677. The van der Waals surface area contributed by atoms with Gasteiger partial charge in [-0.3, -0.25) is 0 Å². The summed E-state index contributed by atoms with van der Waals surface area (Å²) in [5, 5.41) is 8.79. The maximum absolute atomic E-state index is 10.7.